The summed E-state index contributed by atoms with van der Waals surface area (Å²) in [5.74, 6) is 3.69. The van der Waals surface area contributed by atoms with Crippen molar-refractivity contribution in [3.63, 3.8) is 0 Å². The first kappa shape index (κ1) is 21.8. The number of aromatic amines is 1. The molecule has 0 aliphatic carbocycles. The summed E-state index contributed by atoms with van der Waals surface area (Å²) in [5.41, 5.74) is 2.78. The van der Waals surface area contributed by atoms with Gasteiger partial charge in [-0.1, -0.05) is 30.0 Å². The Hall–Kier alpha value is -4.03. The monoisotopic (exact) mass is 461 g/mol. The summed E-state index contributed by atoms with van der Waals surface area (Å²) in [6.07, 6.45) is 0.774. The van der Waals surface area contributed by atoms with E-state index in [0.717, 1.165) is 10.9 Å². The van der Waals surface area contributed by atoms with Crippen molar-refractivity contribution >= 4 is 16.8 Å². The molecule has 9 heteroatoms. The number of hydrogen-bond acceptors (Lipinski definition) is 4. The number of amides is 1. The van der Waals surface area contributed by atoms with Gasteiger partial charge < -0.3 is 20.0 Å². The van der Waals surface area contributed by atoms with Gasteiger partial charge in [0.25, 0.3) is 5.91 Å². The van der Waals surface area contributed by atoms with Crippen LogP contribution in [0.4, 0.5) is 8.78 Å². The SMILES string of the molecule is Cc1nc(C(=O)NC(c2cc3ccccc3[nH]2)c2ncn3c2C[C@@H](F)C3)cc(C#CCO)c1F. The highest BCUT2D eigenvalue weighted by Crippen LogP contribution is 2.31. The standard InChI is InChI=1S/C25H21F2N5O2/c1-14-22(27)16(6-4-8-33)10-20(29-14)25(34)31-23(19-9-15-5-2-3-7-18(15)30-19)24-21-11-17(26)12-32(21)13-28-24/h2-3,5,7,9-10,13,17,23,30,33H,8,11-12H2,1H3,(H,31,34)/t17-,23?/m1/s1. The number of rotatable bonds is 4. The fraction of sp³-hybridized carbons (Fsp3) is 0.240. The van der Waals surface area contributed by atoms with Gasteiger partial charge in [-0.25, -0.2) is 18.7 Å². The zero-order chi connectivity index (χ0) is 23.8. The minimum Gasteiger partial charge on any atom is -0.384 e. The predicted octanol–water partition coefficient (Wildman–Crippen LogP) is 2.96. The smallest absolute Gasteiger partial charge is 0.270 e. The highest BCUT2D eigenvalue weighted by Gasteiger charge is 2.31. The van der Waals surface area contributed by atoms with E-state index in [9.17, 15) is 13.6 Å². The number of nitrogens with one attached hydrogen (secondary N) is 2. The zero-order valence-electron chi connectivity index (χ0n) is 18.3. The number of alkyl halides is 1. The van der Waals surface area contributed by atoms with E-state index in [1.165, 1.54) is 13.0 Å². The topological polar surface area (TPSA) is 95.8 Å². The van der Waals surface area contributed by atoms with Gasteiger partial charge in [0.05, 0.1) is 29.8 Å². The number of carbonyl (C=O) groups excluding carboxylic acids is 1. The number of aliphatic hydroxyl groups excluding tert-OH is 1. The maximum absolute atomic E-state index is 14.4. The number of fused-ring (bicyclic) bond motifs is 2. The van der Waals surface area contributed by atoms with E-state index in [2.05, 4.69) is 32.1 Å². The lowest BCUT2D eigenvalue weighted by Gasteiger charge is -2.18. The third-order valence-electron chi connectivity index (χ3n) is 5.86. The summed E-state index contributed by atoms with van der Waals surface area (Å²) in [6, 6.07) is 10.1. The van der Waals surface area contributed by atoms with Gasteiger partial charge in [0.15, 0.2) is 5.82 Å². The molecule has 3 aromatic heterocycles. The fourth-order valence-corrected chi connectivity index (χ4v) is 4.28. The minimum absolute atomic E-state index is 0.0141. The van der Waals surface area contributed by atoms with Crippen LogP contribution < -0.4 is 5.32 Å². The van der Waals surface area contributed by atoms with Crippen LogP contribution in [0.25, 0.3) is 10.9 Å². The van der Waals surface area contributed by atoms with Gasteiger partial charge in [-0.2, -0.15) is 0 Å². The normalized spacial score (nSPS) is 15.6. The van der Waals surface area contributed by atoms with Crippen LogP contribution >= 0.6 is 0 Å². The number of para-hydroxylation sites is 1. The van der Waals surface area contributed by atoms with Crippen molar-refractivity contribution in [1.82, 2.24) is 24.8 Å². The summed E-state index contributed by atoms with van der Waals surface area (Å²) >= 11 is 0. The van der Waals surface area contributed by atoms with Crippen molar-refractivity contribution in [2.24, 2.45) is 0 Å². The van der Waals surface area contributed by atoms with Crippen LogP contribution in [-0.2, 0) is 13.0 Å². The number of pyridine rings is 1. The predicted molar refractivity (Wildman–Crippen MR) is 121 cm³/mol. The average Bonchev–Trinajstić information content (AvgIpc) is 3.52. The van der Waals surface area contributed by atoms with Crippen LogP contribution in [-0.4, -0.2) is 43.3 Å². The third-order valence-corrected chi connectivity index (χ3v) is 5.86. The largest absolute Gasteiger partial charge is 0.384 e. The van der Waals surface area contributed by atoms with Crippen molar-refractivity contribution in [2.75, 3.05) is 6.61 Å². The Morgan fingerprint density at radius 1 is 1.38 bits per heavy atom. The van der Waals surface area contributed by atoms with Crippen molar-refractivity contribution in [1.29, 1.82) is 0 Å². The number of aliphatic hydroxyl groups is 1. The molecular formula is C25H21F2N5O2. The van der Waals surface area contributed by atoms with E-state index in [1.54, 1.807) is 10.9 Å². The second kappa shape index (κ2) is 8.72. The van der Waals surface area contributed by atoms with E-state index in [4.69, 9.17) is 5.11 Å². The molecule has 4 heterocycles. The van der Waals surface area contributed by atoms with Gasteiger partial charge >= 0.3 is 0 Å². The van der Waals surface area contributed by atoms with Crippen LogP contribution in [0.15, 0.2) is 42.7 Å². The van der Waals surface area contributed by atoms with Crippen LogP contribution in [0.3, 0.4) is 0 Å². The number of carbonyl (C=O) groups is 1. The quantitative estimate of drug-likeness (QED) is 0.407. The highest BCUT2D eigenvalue weighted by molar-refractivity contribution is 5.93. The Balaban J connectivity index is 1.55. The first-order valence-corrected chi connectivity index (χ1v) is 10.8. The molecule has 7 nitrogen and oxygen atoms in total. The molecule has 0 bridgehead atoms. The Bertz CT molecular complexity index is 1430. The van der Waals surface area contributed by atoms with Gasteiger partial charge in [0, 0.05) is 23.3 Å². The van der Waals surface area contributed by atoms with E-state index < -0.39 is 30.5 Å². The lowest BCUT2D eigenvalue weighted by molar-refractivity contribution is 0.0936. The van der Waals surface area contributed by atoms with Gasteiger partial charge in [0.1, 0.15) is 24.5 Å². The molecule has 1 aliphatic rings. The molecule has 5 rings (SSSR count). The molecule has 0 radical (unpaired) electrons. The van der Waals surface area contributed by atoms with E-state index in [0.29, 0.717) is 17.1 Å². The van der Waals surface area contributed by atoms with Crippen molar-refractivity contribution in [2.45, 2.75) is 32.1 Å². The molecule has 0 saturated heterocycles. The van der Waals surface area contributed by atoms with Gasteiger partial charge in [0.2, 0.25) is 0 Å². The van der Waals surface area contributed by atoms with E-state index in [1.807, 2.05) is 30.3 Å². The molecule has 0 saturated carbocycles. The summed E-state index contributed by atoms with van der Waals surface area (Å²) in [4.78, 5) is 25.2. The minimum atomic E-state index is -1.01. The number of aryl methyl sites for hydroxylation is 1. The Labute approximate surface area is 193 Å². The second-order valence-electron chi connectivity index (χ2n) is 8.16. The lowest BCUT2D eigenvalue weighted by atomic mass is 10.1. The molecule has 172 valence electrons. The maximum Gasteiger partial charge on any atom is 0.270 e. The van der Waals surface area contributed by atoms with Crippen molar-refractivity contribution in [3.8, 4) is 11.8 Å². The first-order valence-electron chi connectivity index (χ1n) is 10.8. The molecule has 1 unspecified atom stereocenters. The number of aromatic nitrogens is 4. The van der Waals surface area contributed by atoms with Crippen molar-refractivity contribution in [3.05, 3.63) is 82.6 Å². The van der Waals surface area contributed by atoms with Gasteiger partial charge in [-0.3, -0.25) is 4.79 Å². The van der Waals surface area contributed by atoms with E-state index in [-0.39, 0.29) is 29.9 Å². The molecule has 4 aromatic rings. The number of imidazole rings is 1. The number of H-pyrrole nitrogens is 1. The van der Waals surface area contributed by atoms with Crippen LogP contribution in [0.1, 0.15) is 44.9 Å². The summed E-state index contributed by atoms with van der Waals surface area (Å²) in [6.45, 7) is 1.22. The molecule has 2 atom stereocenters. The molecule has 0 spiro atoms. The summed E-state index contributed by atoms with van der Waals surface area (Å²) in [7, 11) is 0. The average molecular weight is 461 g/mol. The number of benzene rings is 1. The van der Waals surface area contributed by atoms with Crippen molar-refractivity contribution < 1.29 is 18.7 Å². The third kappa shape index (κ3) is 3.93. The Morgan fingerprint density at radius 2 is 2.21 bits per heavy atom. The molecule has 3 N–H and O–H groups in total. The first-order chi connectivity index (χ1) is 16.4. The van der Waals surface area contributed by atoms with Crippen LogP contribution in [0.2, 0.25) is 0 Å². The Kier molecular flexibility index (Phi) is 5.59. The molecule has 1 aromatic carbocycles. The number of halogens is 2. The fourth-order valence-electron chi connectivity index (χ4n) is 4.28. The zero-order valence-corrected chi connectivity index (χ0v) is 18.3. The number of hydrogen-bond donors (Lipinski definition) is 3. The van der Waals surface area contributed by atoms with Gasteiger partial charge in [-0.15, -0.1) is 0 Å². The molecule has 0 fully saturated rings. The lowest BCUT2D eigenvalue weighted by Crippen LogP contribution is -2.31. The van der Waals surface area contributed by atoms with Crippen LogP contribution in [0, 0.1) is 24.6 Å². The molecule has 34 heavy (non-hydrogen) atoms. The molecular weight excluding hydrogens is 440 g/mol. The van der Waals surface area contributed by atoms with Crippen LogP contribution in [0.5, 0.6) is 0 Å². The Morgan fingerprint density at radius 3 is 3.00 bits per heavy atom. The number of nitrogens with zero attached hydrogens (tertiary/aromatic N) is 3. The molecule has 1 aliphatic heterocycles. The summed E-state index contributed by atoms with van der Waals surface area (Å²) in [5, 5.41) is 12.8. The highest BCUT2D eigenvalue weighted by atomic mass is 19.1. The molecule has 1 amide bonds. The second-order valence-corrected chi connectivity index (χ2v) is 8.16. The van der Waals surface area contributed by atoms with Gasteiger partial charge in [-0.05, 0) is 30.5 Å². The van der Waals surface area contributed by atoms with E-state index >= 15 is 0 Å². The summed E-state index contributed by atoms with van der Waals surface area (Å²) < 4.78 is 30.2. The maximum atomic E-state index is 14.4.